The van der Waals surface area contributed by atoms with Crippen LogP contribution in [0.4, 0.5) is 13.2 Å². The van der Waals surface area contributed by atoms with Crippen LogP contribution < -0.4 is 5.73 Å². The molecule has 24 heavy (non-hydrogen) atoms. The molecule has 132 valence electrons. The molecule has 0 radical (unpaired) electrons. The summed E-state index contributed by atoms with van der Waals surface area (Å²) in [7, 11) is 0. The van der Waals surface area contributed by atoms with Crippen LogP contribution in [0.25, 0.3) is 0 Å². The third-order valence-electron chi connectivity index (χ3n) is 3.85. The van der Waals surface area contributed by atoms with E-state index in [2.05, 4.69) is 4.74 Å². The van der Waals surface area contributed by atoms with E-state index in [0.29, 0.717) is 37.1 Å². The second kappa shape index (κ2) is 7.65. The third kappa shape index (κ3) is 5.23. The normalized spacial score (nSPS) is 18.5. The van der Waals surface area contributed by atoms with Crippen LogP contribution in [0.1, 0.15) is 28.8 Å². The minimum absolute atomic E-state index is 0.179. The molecular formula is C16H19F3N2O3. The number of ether oxygens (including phenoxy) is 1. The lowest BCUT2D eigenvalue weighted by Gasteiger charge is -2.31. The molecule has 1 saturated heterocycles. The number of piperidine rings is 1. The molecule has 1 heterocycles. The maximum absolute atomic E-state index is 12.4. The van der Waals surface area contributed by atoms with Crippen LogP contribution in [0.2, 0.25) is 0 Å². The second-order valence-corrected chi connectivity index (χ2v) is 5.80. The number of amides is 2. The number of carbonyl (C=O) groups excluding carboxylic acids is 2. The average Bonchev–Trinajstić information content (AvgIpc) is 2.54. The number of benzene rings is 1. The number of primary amides is 1. The number of carbonyl (C=O) groups is 2. The highest BCUT2D eigenvalue weighted by Crippen LogP contribution is 2.19. The van der Waals surface area contributed by atoms with Crippen LogP contribution in [0, 0.1) is 5.92 Å². The van der Waals surface area contributed by atoms with Gasteiger partial charge in [0.25, 0.3) is 5.91 Å². The summed E-state index contributed by atoms with van der Waals surface area (Å²) in [6, 6.07) is 6.20. The Morgan fingerprint density at radius 2 is 1.92 bits per heavy atom. The van der Waals surface area contributed by atoms with Crippen molar-refractivity contribution in [1.82, 2.24) is 4.90 Å². The van der Waals surface area contributed by atoms with Gasteiger partial charge in [-0.3, -0.25) is 9.59 Å². The van der Waals surface area contributed by atoms with Gasteiger partial charge in [0.1, 0.15) is 6.61 Å². The molecule has 0 bridgehead atoms. The van der Waals surface area contributed by atoms with Gasteiger partial charge in [-0.2, -0.15) is 13.2 Å². The zero-order chi connectivity index (χ0) is 17.7. The molecule has 1 aromatic carbocycles. The lowest BCUT2D eigenvalue weighted by Crippen LogP contribution is -2.44. The first-order chi connectivity index (χ1) is 11.3. The molecule has 0 unspecified atom stereocenters. The van der Waals surface area contributed by atoms with E-state index in [9.17, 15) is 22.8 Å². The van der Waals surface area contributed by atoms with Crippen molar-refractivity contribution >= 4 is 11.8 Å². The molecule has 8 heteroatoms. The topological polar surface area (TPSA) is 72.6 Å². The zero-order valence-corrected chi connectivity index (χ0v) is 13.0. The van der Waals surface area contributed by atoms with Crippen molar-refractivity contribution < 1.29 is 27.5 Å². The third-order valence-corrected chi connectivity index (χ3v) is 3.85. The molecule has 1 aliphatic rings. The van der Waals surface area contributed by atoms with Gasteiger partial charge >= 0.3 is 6.18 Å². The maximum Gasteiger partial charge on any atom is 0.411 e. The van der Waals surface area contributed by atoms with Gasteiger partial charge in [-0.05, 0) is 30.5 Å². The Kier molecular flexibility index (Phi) is 5.82. The van der Waals surface area contributed by atoms with E-state index in [1.165, 1.54) is 0 Å². The predicted octanol–water partition coefficient (Wildman–Crippen LogP) is 2.10. The molecule has 1 fully saturated rings. The first kappa shape index (κ1) is 18.3. The summed E-state index contributed by atoms with van der Waals surface area (Å²) in [6.07, 6.45) is -2.97. The molecule has 0 aliphatic carbocycles. The summed E-state index contributed by atoms with van der Waals surface area (Å²) in [5.41, 5.74) is 6.26. The van der Waals surface area contributed by atoms with E-state index in [0.717, 1.165) is 0 Å². The number of alkyl halides is 3. The molecule has 1 atom stereocenters. The van der Waals surface area contributed by atoms with Crippen LogP contribution >= 0.6 is 0 Å². The van der Waals surface area contributed by atoms with Gasteiger partial charge in [-0.25, -0.2) is 0 Å². The summed E-state index contributed by atoms with van der Waals surface area (Å²) in [5.74, 6) is -0.967. The summed E-state index contributed by atoms with van der Waals surface area (Å²) in [6.45, 7) is -0.638. The van der Waals surface area contributed by atoms with Crippen LogP contribution in [0.5, 0.6) is 0 Å². The van der Waals surface area contributed by atoms with E-state index in [1.807, 2.05) is 0 Å². The fraction of sp³-hybridized carbons (Fsp3) is 0.500. The lowest BCUT2D eigenvalue weighted by molar-refractivity contribution is -0.176. The monoisotopic (exact) mass is 344 g/mol. The van der Waals surface area contributed by atoms with Crippen LogP contribution in [0.3, 0.4) is 0 Å². The summed E-state index contributed by atoms with van der Waals surface area (Å²) >= 11 is 0. The minimum Gasteiger partial charge on any atom is -0.369 e. The summed E-state index contributed by atoms with van der Waals surface area (Å²) in [5, 5.41) is 0. The first-order valence-corrected chi connectivity index (χ1v) is 7.58. The Labute approximate surface area is 137 Å². The van der Waals surface area contributed by atoms with Gasteiger partial charge < -0.3 is 15.4 Å². The molecule has 5 nitrogen and oxygen atoms in total. The van der Waals surface area contributed by atoms with Gasteiger partial charge in [0.2, 0.25) is 5.91 Å². The zero-order valence-electron chi connectivity index (χ0n) is 13.0. The van der Waals surface area contributed by atoms with Crippen molar-refractivity contribution in [3.05, 3.63) is 35.4 Å². The molecule has 2 N–H and O–H groups in total. The largest absolute Gasteiger partial charge is 0.411 e. The van der Waals surface area contributed by atoms with Crippen molar-refractivity contribution in [2.24, 2.45) is 11.7 Å². The first-order valence-electron chi connectivity index (χ1n) is 7.58. The van der Waals surface area contributed by atoms with Crippen molar-refractivity contribution in [2.45, 2.75) is 25.6 Å². The Hall–Kier alpha value is -2.09. The number of halogens is 3. The van der Waals surface area contributed by atoms with E-state index in [4.69, 9.17) is 5.73 Å². The highest BCUT2D eigenvalue weighted by molar-refractivity contribution is 5.94. The number of nitrogens with two attached hydrogens (primary N) is 1. The Morgan fingerprint density at radius 1 is 1.25 bits per heavy atom. The maximum atomic E-state index is 12.4. The van der Waals surface area contributed by atoms with Gasteiger partial charge in [0.15, 0.2) is 0 Å². The fourth-order valence-electron chi connectivity index (χ4n) is 2.60. The van der Waals surface area contributed by atoms with E-state index < -0.39 is 18.7 Å². The molecule has 0 spiro atoms. The second-order valence-electron chi connectivity index (χ2n) is 5.80. The smallest absolute Gasteiger partial charge is 0.369 e. The quantitative estimate of drug-likeness (QED) is 0.889. The lowest BCUT2D eigenvalue weighted by atomic mass is 9.97. The van der Waals surface area contributed by atoms with Gasteiger partial charge in [-0.1, -0.05) is 12.1 Å². The van der Waals surface area contributed by atoms with E-state index in [1.54, 1.807) is 29.2 Å². The molecule has 2 rings (SSSR count). The van der Waals surface area contributed by atoms with Gasteiger partial charge in [-0.15, -0.1) is 0 Å². The molecule has 1 aromatic rings. The van der Waals surface area contributed by atoms with Crippen molar-refractivity contribution in [3.8, 4) is 0 Å². The average molecular weight is 344 g/mol. The number of likely N-dealkylation sites (tertiary alicyclic amines) is 1. The van der Waals surface area contributed by atoms with Crippen molar-refractivity contribution in [1.29, 1.82) is 0 Å². The number of rotatable bonds is 5. The van der Waals surface area contributed by atoms with Gasteiger partial charge in [0.05, 0.1) is 12.5 Å². The van der Waals surface area contributed by atoms with Crippen molar-refractivity contribution in [3.63, 3.8) is 0 Å². The summed E-state index contributed by atoms with van der Waals surface area (Å²) < 4.78 is 40.6. The molecule has 2 amide bonds. The van der Waals surface area contributed by atoms with E-state index in [-0.39, 0.29) is 18.4 Å². The molecular weight excluding hydrogens is 325 g/mol. The molecule has 0 saturated carbocycles. The minimum atomic E-state index is -4.36. The molecule has 0 aromatic heterocycles. The summed E-state index contributed by atoms with van der Waals surface area (Å²) in [4.78, 5) is 25.3. The Bertz CT molecular complexity index is 587. The number of nitrogens with zero attached hydrogens (tertiary/aromatic N) is 1. The van der Waals surface area contributed by atoms with Gasteiger partial charge in [0, 0.05) is 18.7 Å². The number of hydrogen-bond donors (Lipinski definition) is 1. The highest BCUT2D eigenvalue weighted by atomic mass is 19.4. The van der Waals surface area contributed by atoms with Crippen LogP contribution in [0.15, 0.2) is 24.3 Å². The fourth-order valence-corrected chi connectivity index (χ4v) is 2.60. The standard InChI is InChI=1S/C16H19F3N2O3/c17-16(18,19)10-24-9-11-3-5-12(6-4-11)15(23)21-7-1-2-13(8-21)14(20)22/h3-6,13H,1-2,7-10H2,(H2,20,22)/t13-/m1/s1. The predicted molar refractivity (Wildman–Crippen MR) is 80.0 cm³/mol. The Balaban J connectivity index is 1.92. The number of hydrogen-bond acceptors (Lipinski definition) is 3. The highest BCUT2D eigenvalue weighted by Gasteiger charge is 2.28. The van der Waals surface area contributed by atoms with Crippen molar-refractivity contribution in [2.75, 3.05) is 19.7 Å². The van der Waals surface area contributed by atoms with E-state index >= 15 is 0 Å². The SMILES string of the molecule is NC(=O)[C@@H]1CCCN(C(=O)c2ccc(COCC(F)(F)F)cc2)C1. The van der Waals surface area contributed by atoms with Crippen LogP contribution in [-0.2, 0) is 16.1 Å². The molecule has 1 aliphatic heterocycles. The Morgan fingerprint density at radius 3 is 2.50 bits per heavy atom. The van der Waals surface area contributed by atoms with Crippen LogP contribution in [-0.4, -0.2) is 42.6 Å².